The molecule has 28 heavy (non-hydrogen) atoms. The molecule has 0 saturated carbocycles. The largest absolute Gasteiger partial charge is 0.343 e. The Morgan fingerprint density at radius 3 is 2.64 bits per heavy atom. The van der Waals surface area contributed by atoms with Crippen molar-refractivity contribution in [3.8, 4) is 0 Å². The van der Waals surface area contributed by atoms with Crippen LogP contribution in [0.1, 0.15) is 42.7 Å². The minimum Gasteiger partial charge on any atom is -0.343 e. The number of likely N-dealkylation sites (tertiary alicyclic amines) is 2. The lowest BCUT2D eigenvalue weighted by Crippen LogP contribution is -2.51. The third-order valence-corrected chi connectivity index (χ3v) is 6.61. The Morgan fingerprint density at radius 2 is 1.93 bits per heavy atom. The van der Waals surface area contributed by atoms with E-state index < -0.39 is 0 Å². The van der Waals surface area contributed by atoms with Crippen molar-refractivity contribution in [1.82, 2.24) is 14.8 Å². The molecular formula is C24H31N3O. The number of carbonyl (C=O) groups is 1. The molecule has 1 amide bonds. The van der Waals surface area contributed by atoms with E-state index in [1.165, 1.54) is 12.0 Å². The van der Waals surface area contributed by atoms with Gasteiger partial charge >= 0.3 is 0 Å². The molecule has 0 N–H and O–H groups in total. The summed E-state index contributed by atoms with van der Waals surface area (Å²) in [7, 11) is 2.25. The van der Waals surface area contributed by atoms with E-state index in [4.69, 9.17) is 0 Å². The van der Waals surface area contributed by atoms with Crippen molar-refractivity contribution in [3.63, 3.8) is 0 Å². The molecule has 4 heteroatoms. The summed E-state index contributed by atoms with van der Waals surface area (Å²) in [4.78, 5) is 21.4. The number of benzene rings is 1. The van der Waals surface area contributed by atoms with E-state index in [1.54, 1.807) is 6.20 Å². The molecule has 1 aromatic carbocycles. The highest BCUT2D eigenvalue weighted by atomic mass is 16.2. The van der Waals surface area contributed by atoms with Gasteiger partial charge in [0.1, 0.15) is 0 Å². The average Bonchev–Trinajstić information content (AvgIpc) is 2.73. The summed E-state index contributed by atoms with van der Waals surface area (Å²) in [6.07, 6.45) is 8.51. The standard InChI is InChI=1S/C24H31N3O/c1-26-18-22(21-7-3-2-4-8-21)16-24(19-26)11-14-27(15-12-24)23(28)10-9-20-6-5-13-25-17-20/h2-8,13,17,22H,9-12,14-16,18-19H2,1H3/t22-/m1/s1. The summed E-state index contributed by atoms with van der Waals surface area (Å²) >= 11 is 0. The van der Waals surface area contributed by atoms with Gasteiger partial charge in [0.2, 0.25) is 5.91 Å². The van der Waals surface area contributed by atoms with Crippen molar-refractivity contribution in [2.75, 3.05) is 33.2 Å². The highest BCUT2D eigenvalue weighted by Gasteiger charge is 2.41. The van der Waals surface area contributed by atoms with Gasteiger partial charge in [-0.05, 0) is 61.3 Å². The van der Waals surface area contributed by atoms with E-state index in [9.17, 15) is 4.79 Å². The van der Waals surface area contributed by atoms with Crippen LogP contribution in [0.5, 0.6) is 0 Å². The first-order valence-electron chi connectivity index (χ1n) is 10.5. The van der Waals surface area contributed by atoms with Gasteiger partial charge in [0, 0.05) is 45.0 Å². The number of hydrogen-bond acceptors (Lipinski definition) is 3. The zero-order valence-electron chi connectivity index (χ0n) is 16.9. The molecule has 1 spiro atoms. The van der Waals surface area contributed by atoms with Crippen LogP contribution < -0.4 is 0 Å². The predicted octanol–water partition coefficient (Wildman–Crippen LogP) is 3.74. The van der Waals surface area contributed by atoms with Crippen molar-refractivity contribution in [3.05, 3.63) is 66.0 Å². The second-order valence-electron chi connectivity index (χ2n) is 8.75. The lowest BCUT2D eigenvalue weighted by Gasteiger charge is -2.49. The van der Waals surface area contributed by atoms with Crippen molar-refractivity contribution in [1.29, 1.82) is 0 Å². The van der Waals surface area contributed by atoms with Crippen LogP contribution in [-0.2, 0) is 11.2 Å². The maximum Gasteiger partial charge on any atom is 0.222 e. The number of rotatable bonds is 4. The molecule has 0 radical (unpaired) electrons. The summed E-state index contributed by atoms with van der Waals surface area (Å²) in [5.41, 5.74) is 2.96. The zero-order chi connectivity index (χ0) is 19.4. The van der Waals surface area contributed by atoms with Crippen LogP contribution in [0.25, 0.3) is 0 Å². The molecular weight excluding hydrogens is 346 g/mol. The van der Waals surface area contributed by atoms with Gasteiger partial charge in [-0.15, -0.1) is 0 Å². The van der Waals surface area contributed by atoms with Crippen molar-refractivity contribution in [2.24, 2.45) is 5.41 Å². The molecule has 2 aromatic rings. The molecule has 2 fully saturated rings. The molecule has 1 atom stereocenters. The number of likely N-dealkylation sites (N-methyl/N-ethyl adjacent to an activating group) is 1. The smallest absolute Gasteiger partial charge is 0.222 e. The summed E-state index contributed by atoms with van der Waals surface area (Å²) in [6, 6.07) is 14.9. The van der Waals surface area contributed by atoms with Crippen LogP contribution in [0.15, 0.2) is 54.9 Å². The Hall–Kier alpha value is -2.20. The minimum atomic E-state index is 0.294. The molecule has 0 unspecified atom stereocenters. The molecule has 2 saturated heterocycles. The van der Waals surface area contributed by atoms with Gasteiger partial charge in [0.05, 0.1) is 0 Å². The molecule has 4 nitrogen and oxygen atoms in total. The Labute approximate surface area is 168 Å². The van der Waals surface area contributed by atoms with E-state index in [0.29, 0.717) is 23.7 Å². The fourth-order valence-corrected chi connectivity index (χ4v) is 5.16. The van der Waals surface area contributed by atoms with Gasteiger partial charge in [-0.2, -0.15) is 0 Å². The summed E-state index contributed by atoms with van der Waals surface area (Å²) < 4.78 is 0. The highest BCUT2D eigenvalue weighted by Crippen LogP contribution is 2.44. The maximum atomic E-state index is 12.7. The molecule has 4 rings (SSSR count). The van der Waals surface area contributed by atoms with Crippen LogP contribution in [0.3, 0.4) is 0 Å². The third-order valence-electron chi connectivity index (χ3n) is 6.61. The molecule has 2 aliphatic rings. The van der Waals surface area contributed by atoms with E-state index in [1.807, 2.05) is 18.3 Å². The molecule has 3 heterocycles. The molecule has 0 aliphatic carbocycles. The number of pyridine rings is 1. The Bertz CT molecular complexity index is 769. The van der Waals surface area contributed by atoms with Gasteiger partial charge in [0.15, 0.2) is 0 Å². The Morgan fingerprint density at radius 1 is 1.14 bits per heavy atom. The van der Waals surface area contributed by atoms with Gasteiger partial charge < -0.3 is 9.80 Å². The number of piperidine rings is 2. The van der Waals surface area contributed by atoms with Crippen LogP contribution in [0.4, 0.5) is 0 Å². The SMILES string of the molecule is CN1C[C@H](c2ccccc2)CC2(CCN(C(=O)CCc3cccnc3)CC2)C1. The fourth-order valence-electron chi connectivity index (χ4n) is 5.16. The number of nitrogens with zero attached hydrogens (tertiary/aromatic N) is 3. The van der Waals surface area contributed by atoms with E-state index in [2.05, 4.69) is 52.2 Å². The number of aryl methyl sites for hydroxylation is 1. The van der Waals surface area contributed by atoms with Crippen LogP contribution in [0, 0.1) is 5.41 Å². The molecule has 0 bridgehead atoms. The molecule has 2 aliphatic heterocycles. The second kappa shape index (κ2) is 8.44. The van der Waals surface area contributed by atoms with E-state index in [0.717, 1.165) is 51.0 Å². The predicted molar refractivity (Wildman–Crippen MR) is 112 cm³/mol. The first-order valence-corrected chi connectivity index (χ1v) is 10.5. The van der Waals surface area contributed by atoms with Gasteiger partial charge in [-0.1, -0.05) is 36.4 Å². The Balaban J connectivity index is 1.34. The third kappa shape index (κ3) is 4.44. The quantitative estimate of drug-likeness (QED) is 0.814. The average molecular weight is 378 g/mol. The maximum absolute atomic E-state index is 12.7. The monoisotopic (exact) mass is 377 g/mol. The molecule has 148 valence electrons. The van der Waals surface area contributed by atoms with Crippen molar-refractivity contribution >= 4 is 5.91 Å². The minimum absolute atomic E-state index is 0.294. The highest BCUT2D eigenvalue weighted by molar-refractivity contribution is 5.76. The normalized spacial score (nSPS) is 22.3. The number of hydrogen-bond donors (Lipinski definition) is 0. The second-order valence-corrected chi connectivity index (χ2v) is 8.75. The first kappa shape index (κ1) is 19.1. The summed E-state index contributed by atoms with van der Waals surface area (Å²) in [5, 5.41) is 0. The van der Waals surface area contributed by atoms with Crippen LogP contribution in [-0.4, -0.2) is 53.9 Å². The van der Waals surface area contributed by atoms with E-state index >= 15 is 0 Å². The van der Waals surface area contributed by atoms with Crippen molar-refractivity contribution in [2.45, 2.75) is 38.0 Å². The molecule has 1 aromatic heterocycles. The van der Waals surface area contributed by atoms with Crippen LogP contribution >= 0.6 is 0 Å². The lowest BCUT2D eigenvalue weighted by molar-refractivity contribution is -0.134. The number of carbonyl (C=O) groups excluding carboxylic acids is 1. The first-order chi connectivity index (χ1) is 13.6. The topological polar surface area (TPSA) is 36.4 Å². The summed E-state index contributed by atoms with van der Waals surface area (Å²) in [6.45, 7) is 4.11. The van der Waals surface area contributed by atoms with E-state index in [-0.39, 0.29) is 0 Å². The number of aromatic nitrogens is 1. The van der Waals surface area contributed by atoms with Gasteiger partial charge in [-0.25, -0.2) is 0 Å². The lowest BCUT2D eigenvalue weighted by atomic mass is 9.68. The van der Waals surface area contributed by atoms with Gasteiger partial charge in [-0.3, -0.25) is 9.78 Å². The van der Waals surface area contributed by atoms with Crippen molar-refractivity contribution < 1.29 is 4.79 Å². The Kier molecular flexibility index (Phi) is 5.77. The fraction of sp³-hybridized carbons (Fsp3) is 0.500. The zero-order valence-corrected chi connectivity index (χ0v) is 16.9. The van der Waals surface area contributed by atoms with Gasteiger partial charge in [0.25, 0.3) is 0 Å². The summed E-state index contributed by atoms with van der Waals surface area (Å²) in [5.74, 6) is 0.898. The number of amides is 1. The van der Waals surface area contributed by atoms with Crippen LogP contribution in [0.2, 0.25) is 0 Å².